The van der Waals surface area contributed by atoms with Crippen LogP contribution in [0.3, 0.4) is 0 Å². The molecule has 3 aliphatic carbocycles. The number of oxime groups is 1. The number of hydrogen-bond donors (Lipinski definition) is 3. The second-order valence-corrected chi connectivity index (χ2v) is 16.3. The smallest absolute Gasteiger partial charge is 0.289 e. The topological polar surface area (TPSA) is 146 Å². The SMILES string of the molecule is CNC(=O)C(=O)[C@H](CC1CC1)NC(=O)[C@@H]1C[C@]2(CC(c3cccc(Cl)c3)=NO2)CN1C(=O)[C@@H](NC(=O)[C@@H]1CC12CCCCC2)C(C)(C)C. The number of rotatable bonds is 10. The van der Waals surface area contributed by atoms with Gasteiger partial charge in [0.15, 0.2) is 5.60 Å². The number of carbonyl (C=O) groups is 5. The zero-order valence-corrected chi connectivity index (χ0v) is 29.2. The Morgan fingerprint density at radius 1 is 1.04 bits per heavy atom. The summed E-state index contributed by atoms with van der Waals surface area (Å²) in [7, 11) is 1.38. The van der Waals surface area contributed by atoms with Gasteiger partial charge in [-0.1, -0.05) is 81.8 Å². The van der Waals surface area contributed by atoms with E-state index in [0.717, 1.165) is 50.5 Å². The number of ketones is 1. The zero-order valence-electron chi connectivity index (χ0n) is 28.4. The van der Waals surface area contributed by atoms with Gasteiger partial charge in [0, 0.05) is 36.4 Å². The number of halogens is 1. The number of nitrogens with one attached hydrogen (secondary N) is 3. The minimum absolute atomic E-state index is 0.0492. The van der Waals surface area contributed by atoms with Crippen molar-refractivity contribution in [1.29, 1.82) is 0 Å². The van der Waals surface area contributed by atoms with Crippen molar-refractivity contribution in [2.24, 2.45) is 27.8 Å². The van der Waals surface area contributed by atoms with Crippen LogP contribution >= 0.6 is 11.6 Å². The van der Waals surface area contributed by atoms with Crippen LogP contribution in [0.1, 0.15) is 97.0 Å². The van der Waals surface area contributed by atoms with Gasteiger partial charge in [-0.25, -0.2) is 0 Å². The second kappa shape index (κ2) is 13.1. The average Bonchev–Trinajstić information content (AvgIpc) is 3.92. The first-order chi connectivity index (χ1) is 22.7. The summed E-state index contributed by atoms with van der Waals surface area (Å²) in [4.78, 5) is 75.4. The molecule has 3 saturated carbocycles. The highest BCUT2D eigenvalue weighted by molar-refractivity contribution is 6.38. The molecule has 4 amide bonds. The largest absolute Gasteiger partial charge is 0.387 e. The van der Waals surface area contributed by atoms with E-state index in [1.807, 2.05) is 32.9 Å². The Hall–Kier alpha value is -3.47. The summed E-state index contributed by atoms with van der Waals surface area (Å²) in [6, 6.07) is 4.33. The molecule has 0 radical (unpaired) electrons. The van der Waals surface area contributed by atoms with Gasteiger partial charge in [0.2, 0.25) is 23.5 Å². The summed E-state index contributed by atoms with van der Waals surface area (Å²) in [5.41, 5.74) is -0.179. The Balaban J connectivity index is 1.25. The number of likely N-dealkylation sites (tertiary alicyclic amines) is 1. The average molecular weight is 682 g/mol. The van der Waals surface area contributed by atoms with Crippen LogP contribution in [0.5, 0.6) is 0 Å². The quantitative estimate of drug-likeness (QED) is 0.320. The third-order valence-electron chi connectivity index (χ3n) is 11.1. The van der Waals surface area contributed by atoms with E-state index in [4.69, 9.17) is 16.4 Å². The number of carbonyl (C=O) groups excluding carboxylic acids is 5. The number of nitrogens with zero attached hydrogens (tertiary/aromatic N) is 2. The summed E-state index contributed by atoms with van der Waals surface area (Å²) in [5, 5.41) is 13.2. The van der Waals surface area contributed by atoms with Crippen molar-refractivity contribution in [1.82, 2.24) is 20.9 Å². The fraction of sp³-hybridized carbons (Fsp3) is 0.667. The van der Waals surface area contributed by atoms with Gasteiger partial charge in [-0.2, -0.15) is 0 Å². The van der Waals surface area contributed by atoms with Gasteiger partial charge in [-0.05, 0) is 54.6 Å². The summed E-state index contributed by atoms with van der Waals surface area (Å²) < 4.78 is 0. The van der Waals surface area contributed by atoms with E-state index in [9.17, 15) is 24.0 Å². The van der Waals surface area contributed by atoms with E-state index in [1.165, 1.54) is 18.4 Å². The lowest BCUT2D eigenvalue weighted by molar-refractivity contribution is -0.145. The molecular formula is C36H48ClN5O6. The van der Waals surface area contributed by atoms with Gasteiger partial charge in [0.05, 0.1) is 18.3 Å². The van der Waals surface area contributed by atoms with Crippen molar-refractivity contribution < 1.29 is 28.8 Å². The van der Waals surface area contributed by atoms with Crippen molar-refractivity contribution in [2.45, 2.75) is 115 Å². The van der Waals surface area contributed by atoms with Crippen molar-refractivity contribution in [2.75, 3.05) is 13.6 Å². The molecule has 260 valence electrons. The van der Waals surface area contributed by atoms with Crippen LogP contribution in [0.25, 0.3) is 0 Å². The molecule has 3 N–H and O–H groups in total. The second-order valence-electron chi connectivity index (χ2n) is 15.9. The zero-order chi connectivity index (χ0) is 34.4. The summed E-state index contributed by atoms with van der Waals surface area (Å²) >= 11 is 6.25. The minimum Gasteiger partial charge on any atom is -0.387 e. The molecule has 12 heteroatoms. The van der Waals surface area contributed by atoms with Gasteiger partial charge in [0.25, 0.3) is 5.91 Å². The molecule has 1 aromatic carbocycles. The van der Waals surface area contributed by atoms with Crippen LogP contribution in [0.4, 0.5) is 0 Å². The normalized spacial score (nSPS) is 27.1. The number of Topliss-reactive ketones (excluding diaryl/α,β-unsaturated/α-hetero) is 1. The van der Waals surface area contributed by atoms with E-state index < -0.39 is 46.7 Å². The van der Waals surface area contributed by atoms with Gasteiger partial charge in [-0.15, -0.1) is 0 Å². The van der Waals surface area contributed by atoms with Gasteiger partial charge in [-0.3, -0.25) is 24.0 Å². The fourth-order valence-electron chi connectivity index (χ4n) is 8.00. The molecule has 5 aliphatic rings. The summed E-state index contributed by atoms with van der Waals surface area (Å²) in [6.45, 7) is 5.77. The lowest BCUT2D eigenvalue weighted by Crippen LogP contribution is -2.59. The Morgan fingerprint density at radius 3 is 2.42 bits per heavy atom. The number of likely N-dealkylation sites (N-methyl/N-ethyl adjacent to an activating group) is 1. The van der Waals surface area contributed by atoms with Crippen LogP contribution in [-0.2, 0) is 28.8 Å². The molecule has 0 aromatic heterocycles. The molecule has 0 unspecified atom stereocenters. The van der Waals surface area contributed by atoms with E-state index in [0.29, 0.717) is 23.6 Å². The van der Waals surface area contributed by atoms with Crippen molar-refractivity contribution in [3.8, 4) is 0 Å². The van der Waals surface area contributed by atoms with Crippen LogP contribution in [0.15, 0.2) is 29.4 Å². The predicted octanol–water partition coefficient (Wildman–Crippen LogP) is 3.91. The predicted molar refractivity (Wildman–Crippen MR) is 180 cm³/mol. The molecule has 0 bridgehead atoms. The first-order valence-electron chi connectivity index (χ1n) is 17.4. The maximum Gasteiger partial charge on any atom is 0.289 e. The maximum atomic E-state index is 14.6. The highest BCUT2D eigenvalue weighted by Crippen LogP contribution is 2.61. The molecule has 1 saturated heterocycles. The summed E-state index contributed by atoms with van der Waals surface area (Å²) in [6.07, 6.45) is 9.04. The lowest BCUT2D eigenvalue weighted by Gasteiger charge is -2.36. The van der Waals surface area contributed by atoms with Crippen LogP contribution in [0, 0.1) is 22.7 Å². The highest BCUT2D eigenvalue weighted by atomic mass is 35.5. The minimum atomic E-state index is -1.02. The van der Waals surface area contributed by atoms with E-state index in [2.05, 4.69) is 21.1 Å². The van der Waals surface area contributed by atoms with Gasteiger partial charge >= 0.3 is 0 Å². The van der Waals surface area contributed by atoms with Gasteiger partial charge in [0.1, 0.15) is 12.1 Å². The maximum absolute atomic E-state index is 14.6. The molecule has 2 spiro atoms. The van der Waals surface area contributed by atoms with E-state index in [1.54, 1.807) is 12.1 Å². The lowest BCUT2D eigenvalue weighted by atomic mass is 9.83. The standard InChI is InChI=1S/C36H48ClN5O6/c1-34(2,3)29(40-30(44)24-17-35(24)13-6-5-7-14-35)33(47)42-20-36(18-26(41-48-36)22-9-8-10-23(37)16-22)19-27(42)31(45)39-25(15-21-11-12-21)28(43)32(46)38-4/h8-10,16,21,24-25,27,29H,5-7,11-15,17-20H2,1-4H3,(H,38,46)(H,39,45)(H,40,44)/t24-,25-,27-,29+,36+/m0/s1. The molecule has 11 nitrogen and oxygen atoms in total. The third-order valence-corrected chi connectivity index (χ3v) is 11.3. The van der Waals surface area contributed by atoms with Gasteiger partial charge < -0.3 is 25.7 Å². The first kappa shape index (κ1) is 34.4. The Bertz CT molecular complexity index is 1510. The number of hydrogen-bond acceptors (Lipinski definition) is 7. The first-order valence-corrected chi connectivity index (χ1v) is 17.8. The highest BCUT2D eigenvalue weighted by Gasteiger charge is 2.59. The van der Waals surface area contributed by atoms with Crippen LogP contribution < -0.4 is 16.0 Å². The van der Waals surface area contributed by atoms with Crippen molar-refractivity contribution >= 4 is 46.7 Å². The number of benzene rings is 1. The van der Waals surface area contributed by atoms with Crippen LogP contribution in [0.2, 0.25) is 5.02 Å². The Kier molecular flexibility index (Phi) is 9.39. The molecule has 1 aromatic rings. The van der Waals surface area contributed by atoms with Crippen LogP contribution in [-0.4, -0.2) is 77.3 Å². The number of amides is 4. The fourth-order valence-corrected chi connectivity index (χ4v) is 8.19. The molecule has 2 heterocycles. The Morgan fingerprint density at radius 2 is 1.77 bits per heavy atom. The van der Waals surface area contributed by atoms with Crippen molar-refractivity contribution in [3.63, 3.8) is 0 Å². The molecule has 4 fully saturated rings. The molecule has 5 atom stereocenters. The third kappa shape index (κ3) is 7.12. The summed E-state index contributed by atoms with van der Waals surface area (Å²) in [5.74, 6) is -2.38. The molecule has 6 rings (SSSR count). The van der Waals surface area contributed by atoms with Crippen molar-refractivity contribution in [3.05, 3.63) is 34.9 Å². The Labute approximate surface area is 287 Å². The molecule has 48 heavy (non-hydrogen) atoms. The molecule has 2 aliphatic heterocycles. The molecular weight excluding hydrogens is 634 g/mol. The van der Waals surface area contributed by atoms with E-state index in [-0.39, 0.29) is 42.0 Å². The monoisotopic (exact) mass is 681 g/mol. The van der Waals surface area contributed by atoms with E-state index >= 15 is 0 Å².